The number of aryl methyl sites for hydroxylation is 1. The minimum absolute atomic E-state index is 0.101. The van der Waals surface area contributed by atoms with Gasteiger partial charge in [-0.15, -0.1) is 0 Å². The summed E-state index contributed by atoms with van der Waals surface area (Å²) >= 11 is 6.32. The number of rotatable bonds is 5. The molecule has 4 nitrogen and oxygen atoms in total. The molecule has 1 fully saturated rings. The molecule has 0 bridgehead atoms. The Morgan fingerprint density at radius 2 is 1.68 bits per heavy atom. The van der Waals surface area contributed by atoms with Gasteiger partial charge in [-0.2, -0.15) is 0 Å². The largest absolute Gasteiger partial charge is 0.496 e. The Labute approximate surface area is 154 Å². The molecule has 1 aliphatic heterocycles. The fraction of sp³-hybridized carbons (Fsp3) is 0.400. The monoisotopic (exact) mass is 360 g/mol. The highest BCUT2D eigenvalue weighted by Gasteiger charge is 2.28. The third-order valence-corrected chi connectivity index (χ3v) is 5.09. The van der Waals surface area contributed by atoms with Gasteiger partial charge in [-0.25, -0.2) is 0 Å². The van der Waals surface area contributed by atoms with Crippen LogP contribution < -0.4 is 14.8 Å². The summed E-state index contributed by atoms with van der Waals surface area (Å²) in [6.45, 7) is 6.08. The highest BCUT2D eigenvalue weighted by molar-refractivity contribution is 6.32. The second-order valence-electron chi connectivity index (χ2n) is 6.27. The zero-order chi connectivity index (χ0) is 17.8. The first-order chi connectivity index (χ1) is 12.2. The van der Waals surface area contributed by atoms with E-state index in [-0.39, 0.29) is 6.04 Å². The molecule has 0 aliphatic carbocycles. The second-order valence-corrected chi connectivity index (χ2v) is 6.68. The molecule has 1 saturated heterocycles. The molecule has 134 valence electrons. The number of nitrogens with one attached hydrogen (secondary N) is 1. The van der Waals surface area contributed by atoms with Crippen molar-refractivity contribution in [3.63, 3.8) is 0 Å². The molecule has 0 amide bonds. The molecule has 2 aromatic carbocycles. The lowest BCUT2D eigenvalue weighted by Gasteiger charge is -2.37. The standard InChI is InChI=1S/C20H25ClN2O2/c1-14-6-4-5-7-15(14)20(23-10-8-22-9-11-23)16-12-19(25-3)17(21)13-18(16)24-2/h4-7,12-13,20,22H,8-11H2,1-3H3. The summed E-state index contributed by atoms with van der Waals surface area (Å²) in [5, 5.41) is 3.99. The first-order valence-corrected chi connectivity index (χ1v) is 8.95. The fourth-order valence-electron chi connectivity index (χ4n) is 3.49. The van der Waals surface area contributed by atoms with Crippen molar-refractivity contribution < 1.29 is 9.47 Å². The summed E-state index contributed by atoms with van der Waals surface area (Å²) < 4.78 is 11.1. The van der Waals surface area contributed by atoms with E-state index in [0.29, 0.717) is 10.8 Å². The molecule has 0 saturated carbocycles. The van der Waals surface area contributed by atoms with Crippen LogP contribution in [0.4, 0.5) is 0 Å². The lowest BCUT2D eigenvalue weighted by molar-refractivity contribution is 0.194. The lowest BCUT2D eigenvalue weighted by atomic mass is 9.92. The molecule has 0 radical (unpaired) electrons. The van der Waals surface area contributed by atoms with Gasteiger partial charge in [0.1, 0.15) is 11.5 Å². The Bertz CT molecular complexity index is 730. The van der Waals surface area contributed by atoms with Gasteiger partial charge in [-0.05, 0) is 24.1 Å². The molecule has 1 aliphatic rings. The van der Waals surface area contributed by atoms with E-state index < -0.39 is 0 Å². The molecule has 1 atom stereocenters. The van der Waals surface area contributed by atoms with E-state index in [1.165, 1.54) is 11.1 Å². The summed E-state index contributed by atoms with van der Waals surface area (Å²) in [6, 6.07) is 12.5. The summed E-state index contributed by atoms with van der Waals surface area (Å²) in [4.78, 5) is 2.49. The normalized spacial score (nSPS) is 16.5. The van der Waals surface area contributed by atoms with Gasteiger partial charge in [-0.3, -0.25) is 4.90 Å². The lowest BCUT2D eigenvalue weighted by Crippen LogP contribution is -2.45. The second kappa shape index (κ2) is 8.09. The molecule has 0 aromatic heterocycles. The maximum Gasteiger partial charge on any atom is 0.138 e. The highest BCUT2D eigenvalue weighted by atomic mass is 35.5. The predicted octanol–water partition coefficient (Wildman–Crippen LogP) is 3.66. The van der Waals surface area contributed by atoms with E-state index in [9.17, 15) is 0 Å². The summed E-state index contributed by atoms with van der Waals surface area (Å²) in [7, 11) is 3.33. The number of methoxy groups -OCH3 is 2. The van der Waals surface area contributed by atoms with Crippen molar-refractivity contribution in [2.75, 3.05) is 40.4 Å². The Kier molecular flexibility index (Phi) is 5.84. The van der Waals surface area contributed by atoms with Gasteiger partial charge in [-0.1, -0.05) is 35.9 Å². The minimum atomic E-state index is 0.101. The maximum absolute atomic E-state index is 6.32. The number of hydrogen-bond acceptors (Lipinski definition) is 4. The van der Waals surface area contributed by atoms with Crippen LogP contribution in [0.5, 0.6) is 11.5 Å². The molecule has 1 unspecified atom stereocenters. The molecular formula is C20H25ClN2O2. The fourth-order valence-corrected chi connectivity index (χ4v) is 3.72. The van der Waals surface area contributed by atoms with Crippen molar-refractivity contribution in [1.29, 1.82) is 0 Å². The van der Waals surface area contributed by atoms with Crippen molar-refractivity contribution >= 4 is 11.6 Å². The molecule has 1 heterocycles. The Balaban J connectivity index is 2.16. The number of nitrogens with zero attached hydrogens (tertiary/aromatic N) is 1. The van der Waals surface area contributed by atoms with Crippen molar-refractivity contribution in [2.24, 2.45) is 0 Å². The topological polar surface area (TPSA) is 33.7 Å². The number of benzene rings is 2. The van der Waals surface area contributed by atoms with E-state index in [1.807, 2.05) is 12.1 Å². The molecule has 1 N–H and O–H groups in total. The van der Waals surface area contributed by atoms with Crippen LogP contribution in [0.15, 0.2) is 36.4 Å². The van der Waals surface area contributed by atoms with Crippen LogP contribution in [-0.4, -0.2) is 45.3 Å². The Morgan fingerprint density at radius 1 is 1.00 bits per heavy atom. The average Bonchev–Trinajstić information content (AvgIpc) is 2.65. The molecular weight excluding hydrogens is 336 g/mol. The van der Waals surface area contributed by atoms with Crippen molar-refractivity contribution in [3.8, 4) is 11.5 Å². The SMILES string of the molecule is COc1cc(C(c2ccccc2C)N2CCNCC2)c(OC)cc1Cl. The van der Waals surface area contributed by atoms with E-state index in [1.54, 1.807) is 14.2 Å². The number of ether oxygens (including phenoxy) is 2. The highest BCUT2D eigenvalue weighted by Crippen LogP contribution is 2.41. The van der Waals surface area contributed by atoms with Crippen LogP contribution in [0.25, 0.3) is 0 Å². The van der Waals surface area contributed by atoms with Gasteiger partial charge >= 0.3 is 0 Å². The van der Waals surface area contributed by atoms with Crippen molar-refractivity contribution in [2.45, 2.75) is 13.0 Å². The number of piperazine rings is 1. The molecule has 25 heavy (non-hydrogen) atoms. The van der Waals surface area contributed by atoms with Crippen molar-refractivity contribution in [3.05, 3.63) is 58.1 Å². The van der Waals surface area contributed by atoms with Crippen LogP contribution in [0.2, 0.25) is 5.02 Å². The van der Waals surface area contributed by atoms with E-state index in [0.717, 1.165) is 37.5 Å². The summed E-state index contributed by atoms with van der Waals surface area (Å²) in [6.07, 6.45) is 0. The van der Waals surface area contributed by atoms with Gasteiger partial charge in [0.25, 0.3) is 0 Å². The van der Waals surface area contributed by atoms with Gasteiger partial charge in [0, 0.05) is 37.8 Å². The zero-order valence-electron chi connectivity index (χ0n) is 15.0. The third-order valence-electron chi connectivity index (χ3n) is 4.80. The average molecular weight is 361 g/mol. The van der Waals surface area contributed by atoms with E-state index in [4.69, 9.17) is 21.1 Å². The van der Waals surface area contributed by atoms with Gasteiger partial charge in [0.15, 0.2) is 0 Å². The number of halogens is 1. The summed E-state index contributed by atoms with van der Waals surface area (Å²) in [5.74, 6) is 1.46. The van der Waals surface area contributed by atoms with E-state index in [2.05, 4.69) is 41.4 Å². The smallest absolute Gasteiger partial charge is 0.138 e. The van der Waals surface area contributed by atoms with Crippen LogP contribution in [-0.2, 0) is 0 Å². The molecule has 2 aromatic rings. The first kappa shape index (κ1) is 18.1. The molecule has 3 rings (SSSR count). The van der Waals surface area contributed by atoms with Gasteiger partial charge in [0.05, 0.1) is 25.3 Å². The predicted molar refractivity (Wildman–Crippen MR) is 102 cm³/mol. The van der Waals surface area contributed by atoms with Crippen LogP contribution in [0, 0.1) is 6.92 Å². The van der Waals surface area contributed by atoms with Crippen LogP contribution in [0.3, 0.4) is 0 Å². The van der Waals surface area contributed by atoms with Crippen LogP contribution in [0.1, 0.15) is 22.7 Å². The summed E-state index contributed by atoms with van der Waals surface area (Å²) in [5.41, 5.74) is 3.63. The quantitative estimate of drug-likeness (QED) is 0.882. The Hall–Kier alpha value is -1.75. The zero-order valence-corrected chi connectivity index (χ0v) is 15.8. The van der Waals surface area contributed by atoms with Gasteiger partial charge < -0.3 is 14.8 Å². The van der Waals surface area contributed by atoms with Crippen LogP contribution >= 0.6 is 11.6 Å². The van der Waals surface area contributed by atoms with Crippen molar-refractivity contribution in [1.82, 2.24) is 10.2 Å². The molecule has 0 spiro atoms. The van der Waals surface area contributed by atoms with E-state index >= 15 is 0 Å². The minimum Gasteiger partial charge on any atom is -0.496 e. The molecule has 5 heteroatoms. The van der Waals surface area contributed by atoms with Gasteiger partial charge in [0.2, 0.25) is 0 Å². The third kappa shape index (κ3) is 3.76. The number of hydrogen-bond donors (Lipinski definition) is 1. The first-order valence-electron chi connectivity index (χ1n) is 8.57. The Morgan fingerprint density at radius 3 is 2.32 bits per heavy atom. The maximum atomic E-state index is 6.32.